The predicted octanol–water partition coefficient (Wildman–Crippen LogP) is 2.55. The number of sulfonamides is 1. The summed E-state index contributed by atoms with van der Waals surface area (Å²) < 4.78 is 60.9. The van der Waals surface area contributed by atoms with Crippen LogP contribution in [0.5, 0.6) is 0 Å². The van der Waals surface area contributed by atoms with Crippen LogP contribution in [0.2, 0.25) is 0 Å². The molecule has 11 heteroatoms. The number of rotatable bonds is 11. The number of hydrogen-bond donors (Lipinski definition) is 2. The van der Waals surface area contributed by atoms with Crippen molar-refractivity contribution in [3.63, 3.8) is 0 Å². The van der Waals surface area contributed by atoms with Gasteiger partial charge in [-0.3, -0.25) is 9.69 Å². The van der Waals surface area contributed by atoms with Crippen LogP contribution < -0.4 is 10.0 Å². The minimum absolute atomic E-state index is 0.196. The lowest BCUT2D eigenvalue weighted by atomic mass is 10.0. The molecule has 0 aromatic heterocycles. The average molecular weight is 514 g/mol. The van der Waals surface area contributed by atoms with E-state index in [1.807, 2.05) is 6.26 Å². The maximum Gasteiger partial charge on any atom is 0.244 e. The monoisotopic (exact) mass is 513 g/mol. The van der Waals surface area contributed by atoms with E-state index < -0.39 is 32.7 Å². The Labute approximate surface area is 203 Å². The summed E-state index contributed by atoms with van der Waals surface area (Å²) in [5.41, 5.74) is 0.830. The number of benzene rings is 2. The first kappa shape index (κ1) is 26.6. The fourth-order valence-corrected chi connectivity index (χ4v) is 5.53. The Morgan fingerprint density at radius 1 is 1.12 bits per heavy atom. The Hall–Kier alpha value is -2.05. The minimum atomic E-state index is -4.25. The zero-order chi connectivity index (χ0) is 24.6. The van der Waals surface area contributed by atoms with Gasteiger partial charge in [0.1, 0.15) is 22.6 Å². The molecule has 1 heterocycles. The predicted molar refractivity (Wildman–Crippen MR) is 128 cm³/mol. The molecule has 2 N–H and O–H groups in total. The van der Waals surface area contributed by atoms with Gasteiger partial charge in [0, 0.05) is 19.6 Å². The minimum Gasteiger partial charge on any atom is -0.379 e. The molecule has 3 rings (SSSR count). The highest BCUT2D eigenvalue weighted by Gasteiger charge is 2.29. The van der Waals surface area contributed by atoms with Crippen LogP contribution in [0.4, 0.5) is 8.78 Å². The second kappa shape index (κ2) is 12.6. The standard InChI is InChI=1S/C23H29F2N3O4S2/c1-33-15-10-20(27-34(30,31)22-5-3-2-4-19(22)25)23(29)26-16-21(28-11-13-32-14-12-28)17-6-8-18(24)9-7-17/h2-9,20-21,27H,10-16H2,1H3,(H,26,29)/t20-,21-/m0/s1. The van der Waals surface area contributed by atoms with E-state index in [4.69, 9.17) is 4.74 Å². The third-order valence-corrected chi connectivity index (χ3v) is 7.71. The smallest absolute Gasteiger partial charge is 0.244 e. The Morgan fingerprint density at radius 2 is 1.79 bits per heavy atom. The fraction of sp³-hybridized carbons (Fsp3) is 0.435. The molecule has 0 aliphatic carbocycles. The van der Waals surface area contributed by atoms with Crippen LogP contribution in [-0.4, -0.2) is 70.1 Å². The molecule has 1 aliphatic heterocycles. The molecule has 0 saturated carbocycles. The van der Waals surface area contributed by atoms with Crippen molar-refractivity contribution in [3.8, 4) is 0 Å². The first-order chi connectivity index (χ1) is 16.3. The number of amides is 1. The summed E-state index contributed by atoms with van der Waals surface area (Å²) in [5, 5.41) is 2.85. The van der Waals surface area contributed by atoms with Crippen LogP contribution >= 0.6 is 11.8 Å². The van der Waals surface area contributed by atoms with Gasteiger partial charge in [-0.15, -0.1) is 0 Å². The zero-order valence-corrected chi connectivity index (χ0v) is 20.5. The Balaban J connectivity index is 1.75. The van der Waals surface area contributed by atoms with E-state index in [-0.39, 0.29) is 24.8 Å². The van der Waals surface area contributed by atoms with Crippen LogP contribution in [-0.2, 0) is 19.6 Å². The normalized spacial score (nSPS) is 16.7. The van der Waals surface area contributed by atoms with Gasteiger partial charge in [0.25, 0.3) is 0 Å². The van der Waals surface area contributed by atoms with Crippen LogP contribution in [0, 0.1) is 11.6 Å². The van der Waals surface area contributed by atoms with Crippen molar-refractivity contribution in [2.45, 2.75) is 23.4 Å². The summed E-state index contributed by atoms with van der Waals surface area (Å²) in [4.78, 5) is 14.7. The number of ether oxygens (including phenoxy) is 1. The van der Waals surface area contributed by atoms with E-state index in [2.05, 4.69) is 14.9 Å². The second-order valence-electron chi connectivity index (χ2n) is 7.85. The molecule has 0 bridgehead atoms. The number of halogens is 2. The van der Waals surface area contributed by atoms with Crippen molar-refractivity contribution in [2.75, 3.05) is 44.9 Å². The number of morpholine rings is 1. The summed E-state index contributed by atoms with van der Waals surface area (Å²) in [6.45, 7) is 2.58. The lowest BCUT2D eigenvalue weighted by Crippen LogP contribution is -2.50. The molecule has 1 saturated heterocycles. The number of thioether (sulfide) groups is 1. The van der Waals surface area contributed by atoms with E-state index >= 15 is 0 Å². The van der Waals surface area contributed by atoms with E-state index in [0.717, 1.165) is 17.7 Å². The number of nitrogens with one attached hydrogen (secondary N) is 2. The van der Waals surface area contributed by atoms with E-state index in [1.54, 1.807) is 12.1 Å². The highest BCUT2D eigenvalue weighted by atomic mass is 32.2. The van der Waals surface area contributed by atoms with Crippen molar-refractivity contribution in [2.24, 2.45) is 0 Å². The SMILES string of the molecule is CSCC[C@H](NS(=O)(=O)c1ccccc1F)C(=O)NC[C@@H](c1ccc(F)cc1)N1CCOCC1. The molecule has 1 amide bonds. The van der Waals surface area contributed by atoms with Gasteiger partial charge in [-0.25, -0.2) is 17.2 Å². The molecule has 0 radical (unpaired) electrons. The third-order valence-electron chi connectivity index (χ3n) is 5.56. The first-order valence-corrected chi connectivity index (χ1v) is 13.8. The molecular formula is C23H29F2N3O4S2. The summed E-state index contributed by atoms with van der Waals surface area (Å²) in [6, 6.07) is 9.81. The summed E-state index contributed by atoms with van der Waals surface area (Å²) in [6.07, 6.45) is 2.09. The molecular weight excluding hydrogens is 484 g/mol. The summed E-state index contributed by atoms with van der Waals surface area (Å²) in [7, 11) is -4.25. The number of nitrogens with zero attached hydrogens (tertiary/aromatic N) is 1. The van der Waals surface area contributed by atoms with Crippen molar-refractivity contribution in [3.05, 3.63) is 65.7 Å². The molecule has 0 spiro atoms. The van der Waals surface area contributed by atoms with Gasteiger partial charge in [0.2, 0.25) is 15.9 Å². The molecule has 2 atom stereocenters. The van der Waals surface area contributed by atoms with Crippen molar-refractivity contribution in [1.82, 2.24) is 14.9 Å². The molecule has 1 aliphatic rings. The topological polar surface area (TPSA) is 87.7 Å². The first-order valence-electron chi connectivity index (χ1n) is 10.9. The maximum atomic E-state index is 14.1. The van der Waals surface area contributed by atoms with Gasteiger partial charge in [-0.2, -0.15) is 16.5 Å². The molecule has 186 valence electrons. The van der Waals surface area contributed by atoms with E-state index in [0.29, 0.717) is 32.1 Å². The van der Waals surface area contributed by atoms with Gasteiger partial charge in [-0.1, -0.05) is 24.3 Å². The van der Waals surface area contributed by atoms with Crippen molar-refractivity contribution >= 4 is 27.7 Å². The Morgan fingerprint density at radius 3 is 2.44 bits per heavy atom. The van der Waals surface area contributed by atoms with Crippen molar-refractivity contribution in [1.29, 1.82) is 0 Å². The summed E-state index contributed by atoms with van der Waals surface area (Å²) in [5.74, 6) is -1.21. The van der Waals surface area contributed by atoms with Crippen molar-refractivity contribution < 1.29 is 26.7 Å². The van der Waals surface area contributed by atoms with E-state index in [9.17, 15) is 22.0 Å². The quantitative estimate of drug-likeness (QED) is 0.480. The highest BCUT2D eigenvalue weighted by molar-refractivity contribution is 7.98. The third kappa shape index (κ3) is 7.22. The lowest BCUT2D eigenvalue weighted by molar-refractivity contribution is -0.123. The molecule has 34 heavy (non-hydrogen) atoms. The van der Waals surface area contributed by atoms with Gasteiger partial charge in [0.05, 0.1) is 19.3 Å². The molecule has 2 aromatic rings. The number of carbonyl (C=O) groups is 1. The van der Waals surface area contributed by atoms with Crippen LogP contribution in [0.1, 0.15) is 18.0 Å². The number of carbonyl (C=O) groups excluding carboxylic acids is 1. The molecule has 0 unspecified atom stereocenters. The molecule has 2 aromatic carbocycles. The van der Waals surface area contributed by atoms with E-state index in [1.165, 1.54) is 36.0 Å². The van der Waals surface area contributed by atoms with Gasteiger partial charge in [0.15, 0.2) is 0 Å². The maximum absolute atomic E-state index is 14.1. The molecule has 1 fully saturated rings. The van der Waals surface area contributed by atoms with Crippen LogP contribution in [0.3, 0.4) is 0 Å². The molecule has 7 nitrogen and oxygen atoms in total. The fourth-order valence-electron chi connectivity index (χ4n) is 3.74. The van der Waals surface area contributed by atoms with Gasteiger partial charge in [-0.05, 0) is 48.3 Å². The van der Waals surface area contributed by atoms with Crippen LogP contribution in [0.25, 0.3) is 0 Å². The van der Waals surface area contributed by atoms with Crippen LogP contribution in [0.15, 0.2) is 53.4 Å². The number of hydrogen-bond acceptors (Lipinski definition) is 6. The lowest BCUT2D eigenvalue weighted by Gasteiger charge is -2.35. The Kier molecular flexibility index (Phi) is 9.84. The average Bonchev–Trinajstić information content (AvgIpc) is 2.83. The Bertz CT molecular complexity index is 1050. The second-order valence-corrected chi connectivity index (χ2v) is 10.5. The largest absolute Gasteiger partial charge is 0.379 e. The van der Waals surface area contributed by atoms with Gasteiger partial charge < -0.3 is 10.1 Å². The van der Waals surface area contributed by atoms with Gasteiger partial charge >= 0.3 is 0 Å². The zero-order valence-electron chi connectivity index (χ0n) is 18.9. The summed E-state index contributed by atoms with van der Waals surface area (Å²) >= 11 is 1.47. The highest BCUT2D eigenvalue weighted by Crippen LogP contribution is 2.22.